The van der Waals surface area contributed by atoms with E-state index >= 15 is 0 Å². The molecule has 0 N–H and O–H groups in total. The molecular formula is C27H21N. The van der Waals surface area contributed by atoms with Gasteiger partial charge in [0.2, 0.25) is 0 Å². The summed E-state index contributed by atoms with van der Waals surface area (Å²) < 4.78 is 2.47. The summed E-state index contributed by atoms with van der Waals surface area (Å²) in [5, 5.41) is 2.69. The highest BCUT2D eigenvalue weighted by Gasteiger charge is 2.23. The molecule has 1 heteroatoms. The maximum absolute atomic E-state index is 2.47. The average molecular weight is 359 g/mol. The van der Waals surface area contributed by atoms with Crippen molar-refractivity contribution in [3.63, 3.8) is 0 Å². The SMILES string of the molecule is CCn1c2ccccc2c2cccc(-c3cccc4c3Cc3ccccc3-4)c21. The predicted molar refractivity (Wildman–Crippen MR) is 119 cm³/mol. The third kappa shape index (κ3) is 2.02. The van der Waals surface area contributed by atoms with E-state index in [9.17, 15) is 0 Å². The molecular weight excluding hydrogens is 338 g/mol. The fourth-order valence-corrected chi connectivity index (χ4v) is 5.06. The van der Waals surface area contributed by atoms with Gasteiger partial charge in [-0.15, -0.1) is 0 Å². The van der Waals surface area contributed by atoms with Gasteiger partial charge in [-0.25, -0.2) is 0 Å². The van der Waals surface area contributed by atoms with Crippen LogP contribution in [0, 0.1) is 0 Å². The molecule has 5 aromatic rings. The van der Waals surface area contributed by atoms with Crippen LogP contribution < -0.4 is 0 Å². The van der Waals surface area contributed by atoms with Gasteiger partial charge in [-0.2, -0.15) is 0 Å². The van der Waals surface area contributed by atoms with Gasteiger partial charge in [0.1, 0.15) is 0 Å². The van der Waals surface area contributed by atoms with Crippen LogP contribution in [-0.4, -0.2) is 4.57 Å². The zero-order valence-electron chi connectivity index (χ0n) is 15.9. The first-order valence-corrected chi connectivity index (χ1v) is 10.1. The first-order valence-electron chi connectivity index (χ1n) is 10.1. The molecule has 0 spiro atoms. The molecule has 6 rings (SSSR count). The van der Waals surface area contributed by atoms with Crippen molar-refractivity contribution in [3.05, 3.63) is 96.1 Å². The summed E-state index contributed by atoms with van der Waals surface area (Å²) in [7, 11) is 0. The zero-order chi connectivity index (χ0) is 18.7. The average Bonchev–Trinajstić information content (AvgIpc) is 3.29. The van der Waals surface area contributed by atoms with Crippen molar-refractivity contribution in [3.8, 4) is 22.3 Å². The number of hydrogen-bond donors (Lipinski definition) is 0. The predicted octanol–water partition coefficient (Wildman–Crippen LogP) is 7.05. The van der Waals surface area contributed by atoms with Crippen LogP contribution in [0.25, 0.3) is 44.1 Å². The summed E-state index contributed by atoms with van der Waals surface area (Å²) in [6.45, 7) is 3.21. The Morgan fingerprint density at radius 3 is 2.18 bits per heavy atom. The van der Waals surface area contributed by atoms with Gasteiger partial charge in [-0.1, -0.05) is 78.9 Å². The lowest BCUT2D eigenvalue weighted by Gasteiger charge is -2.13. The first-order chi connectivity index (χ1) is 13.9. The number of hydrogen-bond acceptors (Lipinski definition) is 0. The second-order valence-corrected chi connectivity index (χ2v) is 7.63. The van der Waals surface area contributed by atoms with Crippen LogP contribution in [0.4, 0.5) is 0 Å². The summed E-state index contributed by atoms with van der Waals surface area (Å²) in [5.74, 6) is 0. The molecule has 0 saturated heterocycles. The fraction of sp³-hybridized carbons (Fsp3) is 0.111. The second-order valence-electron chi connectivity index (χ2n) is 7.63. The van der Waals surface area contributed by atoms with E-state index in [-0.39, 0.29) is 0 Å². The van der Waals surface area contributed by atoms with Crippen molar-refractivity contribution in [2.24, 2.45) is 0 Å². The van der Waals surface area contributed by atoms with Crippen molar-refractivity contribution in [1.29, 1.82) is 0 Å². The standard InChI is InChI=1S/C27H21N/c1-2-28-26-16-6-5-11-22(26)24-15-8-14-23(27(24)28)21-13-7-12-20-19-10-4-3-9-18(19)17-25(20)21/h3-16H,2,17H2,1H3. The molecule has 0 amide bonds. The molecule has 0 fully saturated rings. The molecule has 1 aliphatic carbocycles. The molecule has 0 saturated carbocycles. The van der Waals surface area contributed by atoms with Crippen molar-refractivity contribution < 1.29 is 0 Å². The Labute approximate surface area is 164 Å². The molecule has 0 radical (unpaired) electrons. The molecule has 0 bridgehead atoms. The number of rotatable bonds is 2. The van der Waals surface area contributed by atoms with Gasteiger partial charge in [-0.3, -0.25) is 0 Å². The van der Waals surface area contributed by atoms with Crippen LogP contribution in [-0.2, 0) is 13.0 Å². The smallest absolute Gasteiger partial charge is 0.0571 e. The second kappa shape index (κ2) is 5.84. The molecule has 1 aliphatic rings. The highest BCUT2D eigenvalue weighted by Crippen LogP contribution is 2.44. The van der Waals surface area contributed by atoms with E-state index in [4.69, 9.17) is 0 Å². The third-order valence-electron chi connectivity index (χ3n) is 6.25. The minimum absolute atomic E-state index is 0.969. The maximum Gasteiger partial charge on any atom is 0.0571 e. The van der Waals surface area contributed by atoms with E-state index in [1.54, 1.807) is 0 Å². The number of benzene rings is 4. The normalized spacial score (nSPS) is 12.5. The highest BCUT2D eigenvalue weighted by atomic mass is 15.0. The minimum Gasteiger partial charge on any atom is -0.340 e. The van der Waals surface area contributed by atoms with Gasteiger partial charge < -0.3 is 4.57 Å². The number of nitrogens with zero attached hydrogens (tertiary/aromatic N) is 1. The molecule has 0 aliphatic heterocycles. The summed E-state index contributed by atoms with van der Waals surface area (Å²) in [6, 6.07) is 31.2. The van der Waals surface area contributed by atoms with Gasteiger partial charge >= 0.3 is 0 Å². The minimum atomic E-state index is 0.969. The maximum atomic E-state index is 2.47. The molecule has 1 nitrogen and oxygen atoms in total. The Morgan fingerprint density at radius 1 is 0.643 bits per heavy atom. The lowest BCUT2D eigenvalue weighted by Crippen LogP contribution is -1.96. The van der Waals surface area contributed by atoms with Crippen LogP contribution in [0.15, 0.2) is 84.9 Å². The van der Waals surface area contributed by atoms with Crippen LogP contribution in [0.5, 0.6) is 0 Å². The van der Waals surface area contributed by atoms with Gasteiger partial charge in [0.15, 0.2) is 0 Å². The number of para-hydroxylation sites is 2. The van der Waals surface area contributed by atoms with E-state index < -0.39 is 0 Å². The van der Waals surface area contributed by atoms with E-state index in [0.717, 1.165) is 13.0 Å². The van der Waals surface area contributed by atoms with E-state index in [0.29, 0.717) is 0 Å². The highest BCUT2D eigenvalue weighted by molar-refractivity contribution is 6.13. The molecule has 1 heterocycles. The van der Waals surface area contributed by atoms with E-state index in [1.165, 1.54) is 55.2 Å². The van der Waals surface area contributed by atoms with Gasteiger partial charge in [-0.05, 0) is 47.2 Å². The molecule has 0 atom stereocenters. The van der Waals surface area contributed by atoms with Gasteiger partial charge in [0.05, 0.1) is 5.52 Å². The Morgan fingerprint density at radius 2 is 1.29 bits per heavy atom. The van der Waals surface area contributed by atoms with Gasteiger partial charge in [0, 0.05) is 28.4 Å². The van der Waals surface area contributed by atoms with Crippen molar-refractivity contribution in [1.82, 2.24) is 4.57 Å². The van der Waals surface area contributed by atoms with Crippen LogP contribution >= 0.6 is 0 Å². The first kappa shape index (κ1) is 15.7. The lowest BCUT2D eigenvalue weighted by molar-refractivity contribution is 0.828. The third-order valence-corrected chi connectivity index (χ3v) is 6.25. The molecule has 28 heavy (non-hydrogen) atoms. The summed E-state index contributed by atoms with van der Waals surface area (Å²) in [6.07, 6.45) is 1.02. The van der Waals surface area contributed by atoms with E-state index in [1.807, 2.05) is 0 Å². The topological polar surface area (TPSA) is 4.93 Å². The summed E-state index contributed by atoms with van der Waals surface area (Å²) >= 11 is 0. The van der Waals surface area contributed by atoms with Crippen molar-refractivity contribution in [2.45, 2.75) is 19.9 Å². The number of fused-ring (bicyclic) bond motifs is 6. The quantitative estimate of drug-likeness (QED) is 0.312. The zero-order valence-corrected chi connectivity index (χ0v) is 15.9. The Balaban J connectivity index is 1.70. The van der Waals surface area contributed by atoms with E-state index in [2.05, 4.69) is 96.4 Å². The Kier molecular flexibility index (Phi) is 3.28. The van der Waals surface area contributed by atoms with Gasteiger partial charge in [0.25, 0.3) is 0 Å². The number of aryl methyl sites for hydroxylation is 1. The van der Waals surface area contributed by atoms with Crippen molar-refractivity contribution in [2.75, 3.05) is 0 Å². The lowest BCUT2D eigenvalue weighted by atomic mass is 9.94. The Hall–Kier alpha value is -3.32. The number of aromatic nitrogens is 1. The molecule has 134 valence electrons. The summed E-state index contributed by atoms with van der Waals surface area (Å²) in [4.78, 5) is 0. The largest absolute Gasteiger partial charge is 0.340 e. The van der Waals surface area contributed by atoms with Crippen LogP contribution in [0.1, 0.15) is 18.1 Å². The fourth-order valence-electron chi connectivity index (χ4n) is 5.06. The summed E-state index contributed by atoms with van der Waals surface area (Å²) in [5.41, 5.74) is 11.1. The Bertz CT molecular complexity index is 1370. The van der Waals surface area contributed by atoms with Crippen LogP contribution in [0.2, 0.25) is 0 Å². The van der Waals surface area contributed by atoms with Crippen molar-refractivity contribution >= 4 is 21.8 Å². The molecule has 0 unspecified atom stereocenters. The monoisotopic (exact) mass is 359 g/mol. The van der Waals surface area contributed by atoms with Crippen LogP contribution in [0.3, 0.4) is 0 Å². The molecule has 4 aromatic carbocycles. The molecule has 1 aromatic heterocycles.